The van der Waals surface area contributed by atoms with Crippen LogP contribution in [0.15, 0.2) is 40.0 Å². The molecule has 0 aliphatic heterocycles. The van der Waals surface area contributed by atoms with Crippen molar-refractivity contribution in [2.75, 3.05) is 12.3 Å². The molecule has 0 unspecified atom stereocenters. The van der Waals surface area contributed by atoms with E-state index in [9.17, 15) is 8.42 Å². The Morgan fingerprint density at radius 3 is 2.85 bits per heavy atom. The summed E-state index contributed by atoms with van der Waals surface area (Å²) in [7, 11) is -3.69. The van der Waals surface area contributed by atoms with Crippen LogP contribution in [0.1, 0.15) is 0 Å². The molecular formula is C11H12BrClN4O2S. The maximum Gasteiger partial charge on any atom is 0.241 e. The number of anilines is 1. The van der Waals surface area contributed by atoms with Gasteiger partial charge in [-0.3, -0.25) is 4.68 Å². The summed E-state index contributed by atoms with van der Waals surface area (Å²) in [5, 5.41) is 4.25. The topological polar surface area (TPSA) is 90.0 Å². The molecule has 9 heteroatoms. The van der Waals surface area contributed by atoms with Gasteiger partial charge in [-0.25, -0.2) is 13.1 Å². The molecule has 1 heterocycles. The van der Waals surface area contributed by atoms with Gasteiger partial charge >= 0.3 is 0 Å². The molecule has 1 aromatic carbocycles. The number of nitrogen functional groups attached to an aromatic ring is 1. The molecule has 3 N–H and O–H groups in total. The molecule has 0 saturated carbocycles. The van der Waals surface area contributed by atoms with Crippen LogP contribution in [0, 0.1) is 0 Å². The van der Waals surface area contributed by atoms with Crippen molar-refractivity contribution in [1.82, 2.24) is 14.5 Å². The van der Waals surface area contributed by atoms with Gasteiger partial charge in [0.25, 0.3) is 0 Å². The van der Waals surface area contributed by atoms with Crippen LogP contribution in [0.4, 0.5) is 5.69 Å². The molecular weight excluding hydrogens is 368 g/mol. The van der Waals surface area contributed by atoms with E-state index in [4.69, 9.17) is 17.3 Å². The van der Waals surface area contributed by atoms with Gasteiger partial charge in [-0.2, -0.15) is 5.10 Å². The van der Waals surface area contributed by atoms with Crippen LogP contribution >= 0.6 is 27.5 Å². The summed E-state index contributed by atoms with van der Waals surface area (Å²) in [4.78, 5) is 0.0166. The third-order valence-corrected chi connectivity index (χ3v) is 5.36. The van der Waals surface area contributed by atoms with Crippen LogP contribution in [0.5, 0.6) is 0 Å². The molecule has 0 aliphatic rings. The number of nitrogens with zero attached hydrogens (tertiary/aromatic N) is 2. The summed E-state index contributed by atoms with van der Waals surface area (Å²) in [5.41, 5.74) is 5.95. The second-order valence-corrected chi connectivity index (χ2v) is 6.94. The lowest BCUT2D eigenvalue weighted by Gasteiger charge is -2.10. The fourth-order valence-electron chi connectivity index (χ4n) is 1.59. The third kappa shape index (κ3) is 3.51. The Labute approximate surface area is 130 Å². The lowest BCUT2D eigenvalue weighted by Crippen LogP contribution is -2.28. The monoisotopic (exact) mass is 378 g/mol. The van der Waals surface area contributed by atoms with E-state index in [0.717, 1.165) is 0 Å². The first kappa shape index (κ1) is 15.3. The minimum absolute atomic E-state index is 0.0166. The fraction of sp³-hybridized carbons (Fsp3) is 0.182. The quantitative estimate of drug-likeness (QED) is 0.776. The maximum atomic E-state index is 12.2. The minimum Gasteiger partial charge on any atom is -0.398 e. The van der Waals surface area contributed by atoms with E-state index in [1.807, 2.05) is 0 Å². The first-order valence-electron chi connectivity index (χ1n) is 5.62. The Kier molecular flexibility index (Phi) is 4.69. The van der Waals surface area contributed by atoms with Crippen molar-refractivity contribution in [1.29, 1.82) is 0 Å². The second-order valence-electron chi connectivity index (χ2n) is 3.97. The molecule has 2 aromatic rings. The van der Waals surface area contributed by atoms with Crippen LogP contribution in [-0.2, 0) is 16.6 Å². The van der Waals surface area contributed by atoms with Crippen LogP contribution in [0.3, 0.4) is 0 Å². The zero-order chi connectivity index (χ0) is 14.8. The SMILES string of the molecule is Nc1cc(Cl)cc(S(=O)(=O)NCCn2cccn2)c1Br. The Morgan fingerprint density at radius 1 is 1.45 bits per heavy atom. The molecule has 20 heavy (non-hydrogen) atoms. The number of hydrogen-bond acceptors (Lipinski definition) is 4. The predicted molar refractivity (Wildman–Crippen MR) is 81.0 cm³/mol. The van der Waals surface area contributed by atoms with Crippen molar-refractivity contribution in [3.63, 3.8) is 0 Å². The molecule has 0 aliphatic carbocycles. The number of benzene rings is 1. The predicted octanol–water partition coefficient (Wildman–Crippen LogP) is 1.86. The number of hydrogen-bond donors (Lipinski definition) is 2. The molecule has 0 radical (unpaired) electrons. The number of sulfonamides is 1. The molecule has 0 amide bonds. The first-order chi connectivity index (χ1) is 9.40. The number of nitrogens with two attached hydrogens (primary N) is 1. The molecule has 0 fully saturated rings. The maximum absolute atomic E-state index is 12.2. The number of aromatic nitrogens is 2. The van der Waals surface area contributed by atoms with Crippen molar-refractivity contribution >= 4 is 43.2 Å². The van der Waals surface area contributed by atoms with Crippen molar-refractivity contribution in [3.05, 3.63) is 40.1 Å². The zero-order valence-electron chi connectivity index (χ0n) is 10.3. The van der Waals surface area contributed by atoms with Gasteiger partial charge in [-0.05, 0) is 34.1 Å². The van der Waals surface area contributed by atoms with Gasteiger partial charge in [0.2, 0.25) is 10.0 Å². The van der Waals surface area contributed by atoms with Gasteiger partial charge in [0, 0.05) is 29.6 Å². The largest absolute Gasteiger partial charge is 0.398 e. The van der Waals surface area contributed by atoms with E-state index < -0.39 is 10.0 Å². The standard InChI is InChI=1S/C11H12BrClN4O2S/c12-11-9(14)6-8(13)7-10(11)20(18,19)16-3-5-17-4-1-2-15-17/h1-2,4,6-7,16H,3,5,14H2. The minimum atomic E-state index is -3.69. The highest BCUT2D eigenvalue weighted by atomic mass is 79.9. The van der Waals surface area contributed by atoms with Crippen molar-refractivity contribution < 1.29 is 8.42 Å². The van der Waals surface area contributed by atoms with E-state index in [2.05, 4.69) is 25.8 Å². The summed E-state index contributed by atoms with van der Waals surface area (Å²) in [6, 6.07) is 4.59. The molecule has 0 atom stereocenters. The van der Waals surface area contributed by atoms with Gasteiger partial charge in [0.1, 0.15) is 0 Å². The summed E-state index contributed by atoms with van der Waals surface area (Å²) in [6.45, 7) is 0.642. The van der Waals surface area contributed by atoms with Crippen molar-refractivity contribution in [2.45, 2.75) is 11.4 Å². The Bertz CT molecular complexity index is 703. The zero-order valence-corrected chi connectivity index (χ0v) is 13.4. The number of rotatable bonds is 5. The van der Waals surface area contributed by atoms with E-state index >= 15 is 0 Å². The summed E-state index contributed by atoms with van der Waals surface area (Å²) in [6.07, 6.45) is 3.38. The average molecular weight is 380 g/mol. The van der Waals surface area contributed by atoms with Crippen LogP contribution < -0.4 is 10.5 Å². The summed E-state index contributed by atoms with van der Waals surface area (Å²) >= 11 is 9.00. The highest BCUT2D eigenvalue weighted by Gasteiger charge is 2.19. The molecule has 6 nitrogen and oxygen atoms in total. The molecule has 0 saturated heterocycles. The smallest absolute Gasteiger partial charge is 0.241 e. The third-order valence-electron chi connectivity index (χ3n) is 2.51. The molecule has 1 aromatic heterocycles. The molecule has 108 valence electrons. The van der Waals surface area contributed by atoms with Gasteiger partial charge in [-0.15, -0.1) is 0 Å². The van der Waals surface area contributed by atoms with Crippen LogP contribution in [0.2, 0.25) is 5.02 Å². The highest BCUT2D eigenvalue weighted by Crippen LogP contribution is 2.31. The highest BCUT2D eigenvalue weighted by molar-refractivity contribution is 9.10. The first-order valence-corrected chi connectivity index (χ1v) is 8.27. The number of halogens is 2. The normalized spacial score (nSPS) is 11.7. The molecule has 0 bridgehead atoms. The van der Waals surface area contributed by atoms with E-state index in [1.54, 1.807) is 23.1 Å². The summed E-state index contributed by atoms with van der Waals surface area (Å²) in [5.74, 6) is 0. The average Bonchev–Trinajstić information content (AvgIpc) is 2.86. The Balaban J connectivity index is 2.14. The second kappa shape index (κ2) is 6.13. The van der Waals surface area contributed by atoms with Gasteiger partial charge in [0.15, 0.2) is 0 Å². The Morgan fingerprint density at radius 2 is 2.20 bits per heavy atom. The van der Waals surface area contributed by atoms with Gasteiger partial charge in [-0.1, -0.05) is 11.6 Å². The Hall–Kier alpha value is -1.09. The van der Waals surface area contributed by atoms with Crippen LogP contribution in [0.25, 0.3) is 0 Å². The molecule has 2 rings (SSSR count). The van der Waals surface area contributed by atoms with Crippen LogP contribution in [-0.4, -0.2) is 24.7 Å². The van der Waals surface area contributed by atoms with E-state index in [-0.39, 0.29) is 22.2 Å². The van der Waals surface area contributed by atoms with Crippen molar-refractivity contribution in [3.8, 4) is 0 Å². The van der Waals surface area contributed by atoms with Crippen molar-refractivity contribution in [2.24, 2.45) is 0 Å². The van der Waals surface area contributed by atoms with E-state index in [0.29, 0.717) is 11.0 Å². The van der Waals surface area contributed by atoms with Gasteiger partial charge in [0.05, 0.1) is 15.9 Å². The molecule has 0 spiro atoms. The number of nitrogens with one attached hydrogen (secondary N) is 1. The summed E-state index contributed by atoms with van der Waals surface area (Å²) < 4.78 is 28.8. The lowest BCUT2D eigenvalue weighted by molar-refractivity contribution is 0.560. The lowest BCUT2D eigenvalue weighted by atomic mass is 10.3. The van der Waals surface area contributed by atoms with E-state index in [1.165, 1.54) is 12.1 Å². The van der Waals surface area contributed by atoms with Gasteiger partial charge < -0.3 is 5.73 Å². The fourth-order valence-corrected chi connectivity index (χ4v) is 3.90.